The molecule has 1 aliphatic carbocycles. The maximum atomic E-state index is 13.0. The lowest BCUT2D eigenvalue weighted by molar-refractivity contribution is -0.156. The number of amides is 2. The van der Waals surface area contributed by atoms with Crippen molar-refractivity contribution in [3.63, 3.8) is 0 Å². The minimum atomic E-state index is -1.24. The highest BCUT2D eigenvalue weighted by Crippen LogP contribution is 2.44. The van der Waals surface area contributed by atoms with Gasteiger partial charge >= 0.3 is 12.1 Å². The monoisotopic (exact) mass is 436 g/mol. The van der Waals surface area contributed by atoms with Crippen molar-refractivity contribution in [1.82, 2.24) is 10.2 Å². The molecule has 2 aromatic rings. The maximum Gasteiger partial charge on any atom is 0.407 e. The van der Waals surface area contributed by atoms with E-state index in [0.29, 0.717) is 25.8 Å². The minimum Gasteiger partial charge on any atom is -0.480 e. The number of carboxylic acid groups (broad SMARTS) is 1. The minimum absolute atomic E-state index is 0.0715. The van der Waals surface area contributed by atoms with Gasteiger partial charge in [0.05, 0.1) is 0 Å². The van der Waals surface area contributed by atoms with E-state index in [1.54, 1.807) is 13.8 Å². The third-order valence-electron chi connectivity index (χ3n) is 6.71. The first-order chi connectivity index (χ1) is 15.4. The van der Waals surface area contributed by atoms with E-state index in [2.05, 4.69) is 17.4 Å². The molecule has 1 fully saturated rings. The molecule has 4 rings (SSSR count). The maximum absolute atomic E-state index is 13.0. The summed E-state index contributed by atoms with van der Waals surface area (Å²) in [7, 11) is 0. The summed E-state index contributed by atoms with van der Waals surface area (Å²) < 4.78 is 5.55. The summed E-state index contributed by atoms with van der Waals surface area (Å²) in [5.41, 5.74) is 3.26. The van der Waals surface area contributed by atoms with Crippen molar-refractivity contribution in [3.8, 4) is 11.1 Å². The topological polar surface area (TPSA) is 95.9 Å². The first kappa shape index (κ1) is 21.9. The smallest absolute Gasteiger partial charge is 0.407 e. The van der Waals surface area contributed by atoms with Gasteiger partial charge in [0.2, 0.25) is 5.91 Å². The summed E-state index contributed by atoms with van der Waals surface area (Å²) in [5.74, 6) is -1.49. The SMILES string of the molecule is CC[C@H](NC(=O)OCC1c2ccccc2-c2ccccc21)C(=O)N1CCC[C@]1(C)C(=O)O. The molecule has 0 bridgehead atoms. The van der Waals surface area contributed by atoms with Crippen LogP contribution in [0, 0.1) is 0 Å². The molecule has 0 saturated carbocycles. The zero-order chi connectivity index (χ0) is 22.9. The number of carbonyl (C=O) groups is 3. The molecule has 1 saturated heterocycles. The Bertz CT molecular complexity index is 1010. The number of benzene rings is 2. The van der Waals surface area contributed by atoms with Gasteiger partial charge in [-0.05, 0) is 48.4 Å². The van der Waals surface area contributed by atoms with Crippen LogP contribution in [0.15, 0.2) is 48.5 Å². The van der Waals surface area contributed by atoms with E-state index in [-0.39, 0.29) is 18.4 Å². The van der Waals surface area contributed by atoms with Crippen LogP contribution in [-0.4, -0.2) is 52.7 Å². The highest BCUT2D eigenvalue weighted by atomic mass is 16.5. The van der Waals surface area contributed by atoms with E-state index in [1.807, 2.05) is 36.4 Å². The Kier molecular flexibility index (Phi) is 5.91. The van der Waals surface area contributed by atoms with Crippen molar-refractivity contribution in [2.24, 2.45) is 0 Å². The number of rotatable bonds is 6. The predicted octanol–water partition coefficient (Wildman–Crippen LogP) is 3.77. The second-order valence-corrected chi connectivity index (χ2v) is 8.60. The second kappa shape index (κ2) is 8.65. The number of nitrogens with zero attached hydrogens (tertiary/aromatic N) is 1. The summed E-state index contributed by atoms with van der Waals surface area (Å²) in [4.78, 5) is 38.7. The number of likely N-dealkylation sites (tertiary alicyclic amines) is 1. The molecule has 1 heterocycles. The molecule has 7 nitrogen and oxygen atoms in total. The zero-order valence-corrected chi connectivity index (χ0v) is 18.3. The van der Waals surface area contributed by atoms with Gasteiger partial charge in [-0.2, -0.15) is 0 Å². The number of carbonyl (C=O) groups excluding carboxylic acids is 2. The van der Waals surface area contributed by atoms with E-state index in [0.717, 1.165) is 22.3 Å². The summed E-state index contributed by atoms with van der Waals surface area (Å²) >= 11 is 0. The highest BCUT2D eigenvalue weighted by molar-refractivity contribution is 5.91. The summed E-state index contributed by atoms with van der Waals surface area (Å²) in [6.45, 7) is 3.85. The summed E-state index contributed by atoms with van der Waals surface area (Å²) in [6, 6.07) is 15.3. The lowest BCUT2D eigenvalue weighted by Gasteiger charge is -2.33. The van der Waals surface area contributed by atoms with Gasteiger partial charge in [-0.25, -0.2) is 9.59 Å². The lowest BCUT2D eigenvalue weighted by Crippen LogP contribution is -2.57. The summed E-state index contributed by atoms with van der Waals surface area (Å²) in [6.07, 6.45) is 0.684. The Labute approximate surface area is 187 Å². The first-order valence-electron chi connectivity index (χ1n) is 11.0. The molecule has 2 atom stereocenters. The Balaban J connectivity index is 1.43. The predicted molar refractivity (Wildman–Crippen MR) is 119 cm³/mol. The van der Waals surface area contributed by atoms with Crippen LogP contribution >= 0.6 is 0 Å². The Hall–Kier alpha value is -3.35. The van der Waals surface area contributed by atoms with Gasteiger partial charge in [0, 0.05) is 12.5 Å². The van der Waals surface area contributed by atoms with E-state index in [1.165, 1.54) is 4.90 Å². The van der Waals surface area contributed by atoms with Crippen LogP contribution in [0.2, 0.25) is 0 Å². The van der Waals surface area contributed by atoms with Crippen LogP contribution < -0.4 is 5.32 Å². The molecule has 32 heavy (non-hydrogen) atoms. The van der Waals surface area contributed by atoms with Crippen LogP contribution in [0.1, 0.15) is 50.2 Å². The van der Waals surface area contributed by atoms with E-state index in [9.17, 15) is 19.5 Å². The average molecular weight is 437 g/mol. The quantitative estimate of drug-likeness (QED) is 0.719. The van der Waals surface area contributed by atoms with Crippen LogP contribution in [0.5, 0.6) is 0 Å². The standard InChI is InChI=1S/C25H28N2O5/c1-3-21(22(28)27-14-8-13-25(27,2)23(29)30)26-24(31)32-15-20-18-11-6-4-9-16(18)17-10-5-7-12-19(17)20/h4-7,9-12,20-21H,3,8,13-15H2,1-2H3,(H,26,31)(H,29,30)/t21-,25+/m0/s1. The molecule has 0 aromatic heterocycles. The number of fused-ring (bicyclic) bond motifs is 3. The van der Waals surface area contributed by atoms with Gasteiger partial charge in [0.15, 0.2) is 0 Å². The van der Waals surface area contributed by atoms with Gasteiger partial charge in [-0.15, -0.1) is 0 Å². The van der Waals surface area contributed by atoms with Crippen LogP contribution in [0.25, 0.3) is 11.1 Å². The van der Waals surface area contributed by atoms with E-state index < -0.39 is 23.6 Å². The molecular formula is C25H28N2O5. The molecule has 2 aliphatic rings. The molecule has 0 spiro atoms. The number of alkyl carbamates (subject to hydrolysis) is 1. The van der Waals surface area contributed by atoms with Crippen molar-refractivity contribution >= 4 is 18.0 Å². The normalized spacial score (nSPS) is 20.4. The van der Waals surface area contributed by atoms with Crippen molar-refractivity contribution in [1.29, 1.82) is 0 Å². The lowest BCUT2D eigenvalue weighted by atomic mass is 9.98. The number of hydrogen-bond donors (Lipinski definition) is 2. The van der Waals surface area contributed by atoms with Crippen LogP contribution in [0.4, 0.5) is 4.79 Å². The van der Waals surface area contributed by atoms with E-state index in [4.69, 9.17) is 4.74 Å². The molecule has 2 amide bonds. The Morgan fingerprint density at radius 2 is 1.72 bits per heavy atom. The number of carboxylic acids is 1. The fourth-order valence-corrected chi connectivity index (χ4v) is 4.85. The zero-order valence-electron chi connectivity index (χ0n) is 18.3. The van der Waals surface area contributed by atoms with Crippen molar-refractivity contribution in [3.05, 3.63) is 59.7 Å². The Morgan fingerprint density at radius 1 is 1.12 bits per heavy atom. The van der Waals surface area contributed by atoms with Gasteiger partial charge in [0.1, 0.15) is 18.2 Å². The fraction of sp³-hybridized carbons (Fsp3) is 0.400. The van der Waals surface area contributed by atoms with Gasteiger partial charge < -0.3 is 20.1 Å². The van der Waals surface area contributed by atoms with Crippen LogP contribution in [-0.2, 0) is 14.3 Å². The average Bonchev–Trinajstić information content (AvgIpc) is 3.35. The number of aliphatic carboxylic acids is 1. The molecule has 2 aromatic carbocycles. The number of ether oxygens (including phenoxy) is 1. The summed E-state index contributed by atoms with van der Waals surface area (Å²) in [5, 5.41) is 12.2. The van der Waals surface area contributed by atoms with Crippen molar-refractivity contribution in [2.45, 2.75) is 50.6 Å². The molecule has 168 valence electrons. The molecule has 0 unspecified atom stereocenters. The molecule has 2 N–H and O–H groups in total. The molecular weight excluding hydrogens is 408 g/mol. The first-order valence-corrected chi connectivity index (χ1v) is 11.0. The second-order valence-electron chi connectivity index (χ2n) is 8.60. The molecule has 7 heteroatoms. The van der Waals surface area contributed by atoms with Gasteiger partial charge in [-0.1, -0.05) is 55.5 Å². The fourth-order valence-electron chi connectivity index (χ4n) is 4.85. The third-order valence-corrected chi connectivity index (χ3v) is 6.71. The Morgan fingerprint density at radius 3 is 2.28 bits per heavy atom. The van der Waals surface area contributed by atoms with Gasteiger partial charge in [0.25, 0.3) is 0 Å². The highest BCUT2D eigenvalue weighted by Gasteiger charge is 2.47. The van der Waals surface area contributed by atoms with E-state index >= 15 is 0 Å². The molecule has 0 radical (unpaired) electrons. The number of hydrogen-bond acceptors (Lipinski definition) is 4. The largest absolute Gasteiger partial charge is 0.480 e. The van der Waals surface area contributed by atoms with Crippen molar-refractivity contribution in [2.75, 3.05) is 13.2 Å². The third kappa shape index (κ3) is 3.72. The molecule has 1 aliphatic heterocycles. The number of nitrogens with one attached hydrogen (secondary N) is 1. The van der Waals surface area contributed by atoms with Gasteiger partial charge in [-0.3, -0.25) is 4.79 Å². The van der Waals surface area contributed by atoms with Crippen molar-refractivity contribution < 1.29 is 24.2 Å². The van der Waals surface area contributed by atoms with Crippen LogP contribution in [0.3, 0.4) is 0 Å².